The summed E-state index contributed by atoms with van der Waals surface area (Å²) in [6.07, 6.45) is 8.93. The molecule has 1 rings (SSSR count). The molecule has 0 radical (unpaired) electrons. The molecular weight excluding hydrogens is 150 g/mol. The third kappa shape index (κ3) is 7.58. The second-order valence-electron chi connectivity index (χ2n) is 3.52. The summed E-state index contributed by atoms with van der Waals surface area (Å²) in [6.45, 7) is 3.62. The summed E-state index contributed by atoms with van der Waals surface area (Å²) in [6, 6.07) is 0. The van der Waals surface area contributed by atoms with Crippen molar-refractivity contribution in [3.05, 3.63) is 0 Å². The Morgan fingerprint density at radius 3 is 2.00 bits per heavy atom. The van der Waals surface area contributed by atoms with E-state index >= 15 is 0 Å². The lowest BCUT2D eigenvalue weighted by Crippen LogP contribution is -2.03. The van der Waals surface area contributed by atoms with Crippen molar-refractivity contribution in [3.63, 3.8) is 0 Å². The first-order valence-corrected chi connectivity index (χ1v) is 4.92. The molecule has 12 heavy (non-hydrogen) atoms. The molecule has 1 aliphatic carbocycles. The average Bonchev–Trinajstić information content (AvgIpc) is 2.05. The van der Waals surface area contributed by atoms with Crippen LogP contribution < -0.4 is 5.73 Å². The van der Waals surface area contributed by atoms with Crippen molar-refractivity contribution in [2.75, 3.05) is 0 Å². The van der Waals surface area contributed by atoms with Crippen LogP contribution in [0.1, 0.15) is 52.4 Å². The highest BCUT2D eigenvalue weighted by atomic mass is 16.1. The summed E-state index contributed by atoms with van der Waals surface area (Å²) in [5.74, 6) is 0.753. The van der Waals surface area contributed by atoms with Gasteiger partial charge in [0.05, 0.1) is 0 Å². The van der Waals surface area contributed by atoms with Gasteiger partial charge in [-0.2, -0.15) is 0 Å². The molecule has 0 aromatic rings. The normalized spacial score (nSPS) is 17.8. The molecule has 1 fully saturated rings. The lowest BCUT2D eigenvalue weighted by molar-refractivity contribution is -0.115. The van der Waals surface area contributed by atoms with Gasteiger partial charge in [0, 0.05) is 6.92 Å². The minimum atomic E-state index is -0.333. The van der Waals surface area contributed by atoms with Crippen molar-refractivity contribution < 1.29 is 4.79 Å². The van der Waals surface area contributed by atoms with Gasteiger partial charge < -0.3 is 5.73 Å². The Morgan fingerprint density at radius 2 is 1.75 bits per heavy atom. The number of hydrogen-bond acceptors (Lipinski definition) is 1. The second kappa shape index (κ2) is 7.14. The minimum absolute atomic E-state index is 0.333. The van der Waals surface area contributed by atoms with Gasteiger partial charge in [-0.3, -0.25) is 4.79 Å². The van der Waals surface area contributed by atoms with Crippen molar-refractivity contribution in [3.8, 4) is 0 Å². The highest BCUT2D eigenvalue weighted by Gasteiger charge is 2.09. The van der Waals surface area contributed by atoms with Crippen molar-refractivity contribution in [1.82, 2.24) is 0 Å². The Hall–Kier alpha value is -0.530. The predicted molar refractivity (Wildman–Crippen MR) is 51.7 cm³/mol. The van der Waals surface area contributed by atoms with Crippen LogP contribution in [0.25, 0.3) is 0 Å². The van der Waals surface area contributed by atoms with E-state index in [9.17, 15) is 4.79 Å². The Morgan fingerprint density at radius 1 is 1.33 bits per heavy atom. The Bertz CT molecular complexity index is 113. The number of carbonyl (C=O) groups is 1. The average molecular weight is 171 g/mol. The zero-order valence-corrected chi connectivity index (χ0v) is 8.31. The Kier molecular flexibility index (Phi) is 6.82. The maximum atomic E-state index is 9.22. The topological polar surface area (TPSA) is 43.1 Å². The first kappa shape index (κ1) is 11.5. The number of primary amides is 1. The van der Waals surface area contributed by atoms with Crippen LogP contribution >= 0.6 is 0 Å². The summed E-state index contributed by atoms with van der Waals surface area (Å²) >= 11 is 0. The SMILES string of the molecule is CC(N)=O.CCC1CCCCC1. The first-order chi connectivity index (χ1) is 5.66. The van der Waals surface area contributed by atoms with Crippen LogP contribution in [-0.4, -0.2) is 5.91 Å². The zero-order valence-electron chi connectivity index (χ0n) is 8.31. The molecule has 0 saturated heterocycles. The summed E-state index contributed by atoms with van der Waals surface area (Å²) < 4.78 is 0. The van der Waals surface area contributed by atoms with Crippen LogP contribution in [0.2, 0.25) is 0 Å². The molecule has 1 amide bonds. The Labute approximate surface area is 75.5 Å². The number of rotatable bonds is 1. The summed E-state index contributed by atoms with van der Waals surface area (Å²) in [5.41, 5.74) is 4.47. The zero-order chi connectivity index (χ0) is 9.40. The lowest BCUT2D eigenvalue weighted by atomic mass is 9.88. The molecular formula is C10H21NO. The van der Waals surface area contributed by atoms with Crippen LogP contribution in [-0.2, 0) is 4.79 Å². The van der Waals surface area contributed by atoms with Crippen molar-refractivity contribution in [2.45, 2.75) is 52.4 Å². The van der Waals surface area contributed by atoms with E-state index in [0.29, 0.717) is 0 Å². The molecule has 0 atom stereocenters. The summed E-state index contributed by atoms with van der Waals surface area (Å²) in [5, 5.41) is 0. The number of nitrogens with two attached hydrogens (primary N) is 1. The third-order valence-corrected chi connectivity index (χ3v) is 2.30. The molecule has 2 heteroatoms. The largest absolute Gasteiger partial charge is 0.370 e. The molecule has 0 spiro atoms. The molecule has 1 aliphatic rings. The quantitative estimate of drug-likeness (QED) is 0.647. The number of hydrogen-bond donors (Lipinski definition) is 1. The monoisotopic (exact) mass is 171 g/mol. The second-order valence-corrected chi connectivity index (χ2v) is 3.52. The van der Waals surface area contributed by atoms with E-state index < -0.39 is 0 Å². The number of carbonyl (C=O) groups excluding carboxylic acids is 1. The summed E-state index contributed by atoms with van der Waals surface area (Å²) in [7, 11) is 0. The molecule has 0 aromatic heterocycles. The number of amides is 1. The van der Waals surface area contributed by atoms with Crippen LogP contribution in [0, 0.1) is 5.92 Å². The molecule has 0 aliphatic heterocycles. The van der Waals surface area contributed by atoms with E-state index in [1.54, 1.807) is 0 Å². The molecule has 0 bridgehead atoms. The van der Waals surface area contributed by atoms with Gasteiger partial charge in [-0.1, -0.05) is 45.4 Å². The van der Waals surface area contributed by atoms with Crippen molar-refractivity contribution in [1.29, 1.82) is 0 Å². The first-order valence-electron chi connectivity index (χ1n) is 4.92. The van der Waals surface area contributed by atoms with Gasteiger partial charge in [0.1, 0.15) is 0 Å². The molecule has 0 heterocycles. The molecule has 0 aromatic carbocycles. The van der Waals surface area contributed by atoms with E-state index in [0.717, 1.165) is 5.92 Å². The van der Waals surface area contributed by atoms with Crippen LogP contribution in [0.3, 0.4) is 0 Å². The molecule has 2 N–H and O–H groups in total. The third-order valence-electron chi connectivity index (χ3n) is 2.30. The van der Waals surface area contributed by atoms with Gasteiger partial charge in [-0.25, -0.2) is 0 Å². The molecule has 0 unspecified atom stereocenters. The maximum Gasteiger partial charge on any atom is 0.214 e. The van der Waals surface area contributed by atoms with Gasteiger partial charge in [-0.05, 0) is 5.92 Å². The van der Waals surface area contributed by atoms with Crippen LogP contribution in [0.5, 0.6) is 0 Å². The lowest BCUT2D eigenvalue weighted by Gasteiger charge is -2.18. The fourth-order valence-corrected chi connectivity index (χ4v) is 1.60. The fraction of sp³-hybridized carbons (Fsp3) is 0.900. The van der Waals surface area contributed by atoms with E-state index in [1.807, 2.05) is 0 Å². The smallest absolute Gasteiger partial charge is 0.214 e. The van der Waals surface area contributed by atoms with Gasteiger partial charge >= 0.3 is 0 Å². The fourth-order valence-electron chi connectivity index (χ4n) is 1.60. The highest BCUT2D eigenvalue weighted by molar-refractivity contribution is 5.70. The molecule has 2 nitrogen and oxygen atoms in total. The van der Waals surface area contributed by atoms with Gasteiger partial charge in [0.25, 0.3) is 0 Å². The predicted octanol–water partition coefficient (Wildman–Crippen LogP) is 2.47. The van der Waals surface area contributed by atoms with E-state index in [2.05, 4.69) is 12.7 Å². The van der Waals surface area contributed by atoms with E-state index in [4.69, 9.17) is 0 Å². The van der Waals surface area contributed by atoms with Gasteiger partial charge in [0.2, 0.25) is 5.91 Å². The van der Waals surface area contributed by atoms with E-state index in [-0.39, 0.29) is 5.91 Å². The summed E-state index contributed by atoms with van der Waals surface area (Å²) in [4.78, 5) is 9.22. The van der Waals surface area contributed by atoms with Crippen LogP contribution in [0.4, 0.5) is 0 Å². The van der Waals surface area contributed by atoms with Crippen molar-refractivity contribution >= 4 is 5.91 Å². The minimum Gasteiger partial charge on any atom is -0.370 e. The van der Waals surface area contributed by atoms with Crippen LogP contribution in [0.15, 0.2) is 0 Å². The van der Waals surface area contributed by atoms with Gasteiger partial charge in [-0.15, -0.1) is 0 Å². The maximum absolute atomic E-state index is 9.22. The Balaban J connectivity index is 0.000000261. The van der Waals surface area contributed by atoms with E-state index in [1.165, 1.54) is 45.4 Å². The highest BCUT2D eigenvalue weighted by Crippen LogP contribution is 2.25. The van der Waals surface area contributed by atoms with Gasteiger partial charge in [0.15, 0.2) is 0 Å². The molecule has 1 saturated carbocycles. The standard InChI is InChI=1S/C8H16.C2H5NO/c1-2-8-6-4-3-5-7-8;1-2(3)4/h8H,2-7H2,1H3;1H3,(H2,3,4). The molecule has 72 valence electrons. The van der Waals surface area contributed by atoms with Crippen molar-refractivity contribution in [2.24, 2.45) is 11.7 Å².